The molecule has 130 valence electrons. The number of fused-ring (bicyclic) bond motifs is 1. The molecule has 2 aromatic heterocycles. The van der Waals surface area contributed by atoms with E-state index in [4.69, 9.17) is 11.6 Å². The highest BCUT2D eigenvalue weighted by atomic mass is 35.5. The summed E-state index contributed by atoms with van der Waals surface area (Å²) >= 11 is 6.01. The van der Waals surface area contributed by atoms with Crippen LogP contribution in [0.5, 0.6) is 0 Å². The largest absolute Gasteiger partial charge is 0.340 e. The van der Waals surface area contributed by atoms with E-state index in [2.05, 4.69) is 20.1 Å². The number of imidazole rings is 1. The summed E-state index contributed by atoms with van der Waals surface area (Å²) in [5.74, 6) is 0.755. The van der Waals surface area contributed by atoms with Crippen molar-refractivity contribution in [2.45, 2.75) is 13.5 Å². The maximum absolute atomic E-state index is 12.7. The van der Waals surface area contributed by atoms with Crippen molar-refractivity contribution in [2.24, 2.45) is 4.99 Å². The third-order valence-electron chi connectivity index (χ3n) is 4.08. The van der Waals surface area contributed by atoms with Gasteiger partial charge in [0.15, 0.2) is 0 Å². The van der Waals surface area contributed by atoms with Crippen LogP contribution in [-0.4, -0.2) is 26.0 Å². The van der Waals surface area contributed by atoms with Crippen molar-refractivity contribution in [1.29, 1.82) is 0 Å². The molecule has 4 aromatic rings. The van der Waals surface area contributed by atoms with Crippen molar-refractivity contribution in [3.63, 3.8) is 0 Å². The fourth-order valence-electron chi connectivity index (χ4n) is 2.81. The Balaban J connectivity index is 1.60. The SMILES string of the molecule is Cc1[nH]n(-c2cccc(Cl)c2)c(=O)c1C=NCc1nc2ccccc2[nH]1. The number of aryl methyl sites for hydroxylation is 1. The fourth-order valence-corrected chi connectivity index (χ4v) is 3.00. The highest BCUT2D eigenvalue weighted by molar-refractivity contribution is 6.30. The molecule has 0 atom stereocenters. The molecule has 2 heterocycles. The number of para-hydroxylation sites is 2. The molecule has 0 fully saturated rings. The van der Waals surface area contributed by atoms with Gasteiger partial charge in [0.2, 0.25) is 0 Å². The van der Waals surface area contributed by atoms with E-state index in [-0.39, 0.29) is 5.56 Å². The summed E-state index contributed by atoms with van der Waals surface area (Å²) in [6.07, 6.45) is 1.59. The molecule has 0 saturated carbocycles. The van der Waals surface area contributed by atoms with Gasteiger partial charge >= 0.3 is 0 Å². The smallest absolute Gasteiger partial charge is 0.280 e. The molecular formula is C19H16ClN5O. The van der Waals surface area contributed by atoms with Crippen molar-refractivity contribution in [3.05, 3.63) is 81.0 Å². The molecule has 0 bridgehead atoms. The standard InChI is InChI=1S/C19H16ClN5O/c1-12-15(19(26)25(24-12)14-6-4-5-13(20)9-14)10-21-11-18-22-16-7-2-3-8-17(16)23-18/h2-10,24H,11H2,1H3,(H,22,23). The van der Waals surface area contributed by atoms with E-state index in [1.54, 1.807) is 24.4 Å². The summed E-state index contributed by atoms with van der Waals surface area (Å²) in [7, 11) is 0. The number of aromatic nitrogens is 4. The lowest BCUT2D eigenvalue weighted by Gasteiger charge is -2.01. The first-order valence-electron chi connectivity index (χ1n) is 8.13. The quantitative estimate of drug-likeness (QED) is 0.542. The van der Waals surface area contributed by atoms with Gasteiger partial charge < -0.3 is 4.98 Å². The first-order valence-corrected chi connectivity index (χ1v) is 8.50. The second kappa shape index (κ2) is 6.65. The Kier molecular flexibility index (Phi) is 4.18. The molecule has 0 saturated heterocycles. The van der Waals surface area contributed by atoms with E-state index >= 15 is 0 Å². The van der Waals surface area contributed by atoms with E-state index in [0.717, 1.165) is 22.6 Å². The number of aromatic amines is 2. The predicted molar refractivity (Wildman–Crippen MR) is 104 cm³/mol. The lowest BCUT2D eigenvalue weighted by atomic mass is 10.3. The lowest BCUT2D eigenvalue weighted by Crippen LogP contribution is -2.17. The number of nitrogens with zero attached hydrogens (tertiary/aromatic N) is 3. The van der Waals surface area contributed by atoms with Gasteiger partial charge in [-0.1, -0.05) is 29.8 Å². The molecule has 7 heteroatoms. The molecule has 0 aliphatic rings. The molecule has 4 rings (SSSR count). The van der Waals surface area contributed by atoms with E-state index in [1.165, 1.54) is 4.68 Å². The predicted octanol–water partition coefficient (Wildman–Crippen LogP) is 3.62. The Labute approximate surface area is 154 Å². The third kappa shape index (κ3) is 3.07. The average Bonchev–Trinajstić information content (AvgIpc) is 3.17. The van der Waals surface area contributed by atoms with Gasteiger partial charge in [-0.25, -0.2) is 9.67 Å². The Hall–Kier alpha value is -3.12. The first-order chi connectivity index (χ1) is 12.6. The molecule has 0 amide bonds. The number of hydrogen-bond acceptors (Lipinski definition) is 3. The zero-order chi connectivity index (χ0) is 18.1. The van der Waals surface area contributed by atoms with Crippen LogP contribution in [0.1, 0.15) is 17.1 Å². The highest BCUT2D eigenvalue weighted by Gasteiger charge is 2.11. The summed E-state index contributed by atoms with van der Waals surface area (Å²) in [6, 6.07) is 14.9. The number of nitrogens with one attached hydrogen (secondary N) is 2. The molecule has 26 heavy (non-hydrogen) atoms. The van der Waals surface area contributed by atoms with Gasteiger partial charge in [0, 0.05) is 16.9 Å². The van der Waals surface area contributed by atoms with Crippen LogP contribution in [-0.2, 0) is 6.54 Å². The molecule has 0 spiro atoms. The minimum atomic E-state index is -0.168. The van der Waals surface area contributed by atoms with E-state index in [1.807, 2.05) is 37.3 Å². The van der Waals surface area contributed by atoms with E-state index in [0.29, 0.717) is 22.8 Å². The third-order valence-corrected chi connectivity index (χ3v) is 4.32. The zero-order valence-corrected chi connectivity index (χ0v) is 14.8. The number of hydrogen-bond donors (Lipinski definition) is 2. The van der Waals surface area contributed by atoms with Gasteiger partial charge in [-0.15, -0.1) is 0 Å². The van der Waals surface area contributed by atoms with E-state index < -0.39 is 0 Å². The van der Waals surface area contributed by atoms with Crippen LogP contribution < -0.4 is 5.56 Å². The topological polar surface area (TPSA) is 78.8 Å². The van der Waals surface area contributed by atoms with Gasteiger partial charge in [0.1, 0.15) is 5.82 Å². The van der Waals surface area contributed by atoms with Gasteiger partial charge in [-0.2, -0.15) is 0 Å². The summed E-state index contributed by atoms with van der Waals surface area (Å²) in [5.41, 5.74) is 3.64. The summed E-state index contributed by atoms with van der Waals surface area (Å²) in [6.45, 7) is 2.21. The van der Waals surface area contributed by atoms with E-state index in [9.17, 15) is 4.79 Å². The Morgan fingerprint density at radius 3 is 2.88 bits per heavy atom. The molecule has 2 N–H and O–H groups in total. The first kappa shape index (κ1) is 16.4. The number of H-pyrrole nitrogens is 2. The minimum absolute atomic E-state index is 0.168. The summed E-state index contributed by atoms with van der Waals surface area (Å²) in [5, 5.41) is 3.63. The maximum atomic E-state index is 12.7. The Morgan fingerprint density at radius 1 is 1.23 bits per heavy atom. The molecule has 0 radical (unpaired) electrons. The number of rotatable bonds is 4. The Morgan fingerprint density at radius 2 is 2.08 bits per heavy atom. The normalized spacial score (nSPS) is 11.6. The van der Waals surface area contributed by atoms with Crippen molar-refractivity contribution in [3.8, 4) is 5.69 Å². The molecule has 6 nitrogen and oxygen atoms in total. The monoisotopic (exact) mass is 365 g/mol. The second-order valence-corrected chi connectivity index (χ2v) is 6.38. The van der Waals surface area contributed by atoms with Crippen LogP contribution in [0, 0.1) is 6.92 Å². The van der Waals surface area contributed by atoms with Crippen molar-refractivity contribution in [1.82, 2.24) is 19.7 Å². The van der Waals surface area contributed by atoms with Crippen LogP contribution in [0.2, 0.25) is 5.02 Å². The average molecular weight is 366 g/mol. The molecule has 0 aliphatic heterocycles. The van der Waals surface area contributed by atoms with Crippen LogP contribution in [0.3, 0.4) is 0 Å². The molecular weight excluding hydrogens is 350 g/mol. The summed E-state index contributed by atoms with van der Waals surface area (Å²) in [4.78, 5) is 24.7. The van der Waals surface area contributed by atoms with Gasteiger partial charge in [0.25, 0.3) is 5.56 Å². The highest BCUT2D eigenvalue weighted by Crippen LogP contribution is 2.14. The maximum Gasteiger partial charge on any atom is 0.280 e. The van der Waals surface area contributed by atoms with Gasteiger partial charge in [-0.05, 0) is 37.3 Å². The number of aliphatic imine (C=N–C) groups is 1. The summed E-state index contributed by atoms with van der Waals surface area (Å²) < 4.78 is 1.46. The Bertz CT molecular complexity index is 1140. The van der Waals surface area contributed by atoms with Crippen molar-refractivity contribution >= 4 is 28.8 Å². The zero-order valence-electron chi connectivity index (χ0n) is 14.0. The number of halogens is 1. The van der Waals surface area contributed by atoms with Crippen LogP contribution >= 0.6 is 11.6 Å². The fraction of sp³-hybridized carbons (Fsp3) is 0.105. The number of benzene rings is 2. The van der Waals surface area contributed by atoms with Crippen molar-refractivity contribution in [2.75, 3.05) is 0 Å². The van der Waals surface area contributed by atoms with Gasteiger partial charge in [-0.3, -0.25) is 14.9 Å². The van der Waals surface area contributed by atoms with Crippen LogP contribution in [0.15, 0.2) is 58.3 Å². The van der Waals surface area contributed by atoms with Crippen LogP contribution in [0.4, 0.5) is 0 Å². The van der Waals surface area contributed by atoms with Crippen molar-refractivity contribution < 1.29 is 0 Å². The van der Waals surface area contributed by atoms with Gasteiger partial charge in [0.05, 0.1) is 28.8 Å². The molecule has 0 aliphatic carbocycles. The van der Waals surface area contributed by atoms with Crippen LogP contribution in [0.25, 0.3) is 16.7 Å². The minimum Gasteiger partial charge on any atom is -0.340 e. The molecule has 0 unspecified atom stereocenters. The molecule has 2 aromatic carbocycles. The lowest BCUT2D eigenvalue weighted by molar-refractivity contribution is 0.835. The second-order valence-electron chi connectivity index (χ2n) is 5.94.